The third-order valence-electron chi connectivity index (χ3n) is 4.02. The van der Waals surface area contributed by atoms with Gasteiger partial charge in [0.15, 0.2) is 0 Å². The molecule has 1 N–H and O–H groups in total. The van der Waals surface area contributed by atoms with Crippen molar-refractivity contribution in [2.75, 3.05) is 18.8 Å². The van der Waals surface area contributed by atoms with Crippen LogP contribution in [0, 0.1) is 0 Å². The van der Waals surface area contributed by atoms with Crippen molar-refractivity contribution in [1.29, 1.82) is 0 Å². The Morgan fingerprint density at radius 2 is 2.16 bits per heavy atom. The first-order valence-electron chi connectivity index (χ1n) is 7.31. The Hall–Kier alpha value is -0.930. The van der Waals surface area contributed by atoms with Crippen molar-refractivity contribution in [3.63, 3.8) is 0 Å². The molecule has 19 heavy (non-hydrogen) atoms. The van der Waals surface area contributed by atoms with Gasteiger partial charge < -0.3 is 9.88 Å². The van der Waals surface area contributed by atoms with Gasteiger partial charge in [-0.1, -0.05) is 25.1 Å². The maximum Gasteiger partial charge on any atom is 0.0494 e. The molecule has 3 heteroatoms. The second-order valence-electron chi connectivity index (χ2n) is 5.12. The Bertz CT molecular complexity index is 540. The van der Waals surface area contributed by atoms with Crippen molar-refractivity contribution in [2.45, 2.75) is 37.6 Å². The van der Waals surface area contributed by atoms with E-state index >= 15 is 0 Å². The zero-order valence-electron chi connectivity index (χ0n) is 11.8. The largest absolute Gasteiger partial charge is 0.343 e. The van der Waals surface area contributed by atoms with E-state index in [1.165, 1.54) is 28.0 Å². The third-order valence-corrected chi connectivity index (χ3v) is 5.18. The van der Waals surface area contributed by atoms with Gasteiger partial charge in [-0.25, -0.2) is 0 Å². The average molecular weight is 274 g/mol. The summed E-state index contributed by atoms with van der Waals surface area (Å²) in [6, 6.07) is 8.87. The zero-order valence-corrected chi connectivity index (χ0v) is 12.6. The molecule has 0 saturated heterocycles. The summed E-state index contributed by atoms with van der Waals surface area (Å²) in [5.74, 6) is 1.92. The first kappa shape index (κ1) is 13.1. The Kier molecular flexibility index (Phi) is 3.85. The maximum atomic E-state index is 3.53. The lowest BCUT2D eigenvalue weighted by Crippen LogP contribution is -2.25. The molecule has 0 amide bonds. The highest BCUT2D eigenvalue weighted by Gasteiger charge is 2.27. The number of nitrogens with one attached hydrogen (secondary N) is 1. The van der Waals surface area contributed by atoms with Gasteiger partial charge in [-0.05, 0) is 31.7 Å². The van der Waals surface area contributed by atoms with Gasteiger partial charge in [-0.3, -0.25) is 0 Å². The number of aromatic nitrogens is 1. The lowest BCUT2D eigenvalue weighted by atomic mass is 10.0. The van der Waals surface area contributed by atoms with Crippen molar-refractivity contribution in [1.82, 2.24) is 9.88 Å². The molecule has 0 spiro atoms. The molecular formula is C16H22N2S. The summed E-state index contributed by atoms with van der Waals surface area (Å²) in [4.78, 5) is 1.53. The predicted molar refractivity (Wildman–Crippen MR) is 84.2 cm³/mol. The van der Waals surface area contributed by atoms with Crippen LogP contribution in [-0.2, 0) is 6.54 Å². The van der Waals surface area contributed by atoms with Gasteiger partial charge in [0.25, 0.3) is 0 Å². The van der Waals surface area contributed by atoms with Crippen molar-refractivity contribution in [2.24, 2.45) is 0 Å². The molecule has 2 aromatic rings. The monoisotopic (exact) mass is 274 g/mol. The van der Waals surface area contributed by atoms with Gasteiger partial charge in [0.05, 0.1) is 0 Å². The summed E-state index contributed by atoms with van der Waals surface area (Å²) in [7, 11) is 0. The highest BCUT2D eigenvalue weighted by molar-refractivity contribution is 7.99. The lowest BCUT2D eigenvalue weighted by Gasteiger charge is -2.25. The second-order valence-corrected chi connectivity index (χ2v) is 6.22. The number of thioether (sulfide) groups is 1. The van der Waals surface area contributed by atoms with Crippen molar-refractivity contribution < 1.29 is 0 Å². The first-order valence-corrected chi connectivity index (χ1v) is 8.30. The van der Waals surface area contributed by atoms with Crippen LogP contribution in [0.5, 0.6) is 0 Å². The van der Waals surface area contributed by atoms with Crippen LogP contribution in [0.25, 0.3) is 10.9 Å². The number of likely N-dealkylation sites (N-methyl/N-ethyl adjacent to an activating group) is 1. The number of rotatable bonds is 4. The van der Waals surface area contributed by atoms with E-state index in [0.717, 1.165) is 19.6 Å². The molecule has 1 aliphatic heterocycles. The minimum absolute atomic E-state index is 0.670. The lowest BCUT2D eigenvalue weighted by molar-refractivity contribution is 0.537. The molecule has 2 heterocycles. The van der Waals surface area contributed by atoms with Crippen LogP contribution in [0.1, 0.15) is 31.9 Å². The van der Waals surface area contributed by atoms with Crippen molar-refractivity contribution in [3.05, 3.63) is 30.0 Å². The van der Waals surface area contributed by atoms with E-state index in [4.69, 9.17) is 0 Å². The topological polar surface area (TPSA) is 17.0 Å². The normalized spacial score (nSPS) is 18.7. The number of para-hydroxylation sites is 1. The van der Waals surface area contributed by atoms with Gasteiger partial charge >= 0.3 is 0 Å². The van der Waals surface area contributed by atoms with Crippen LogP contribution >= 0.6 is 11.8 Å². The second kappa shape index (κ2) is 5.59. The Labute approximate surface area is 119 Å². The van der Waals surface area contributed by atoms with Crippen LogP contribution in [0.2, 0.25) is 0 Å². The van der Waals surface area contributed by atoms with E-state index in [9.17, 15) is 0 Å². The number of aryl methyl sites for hydroxylation is 1. The number of hydrogen-bond donors (Lipinski definition) is 1. The molecule has 1 aromatic heterocycles. The maximum absolute atomic E-state index is 3.53. The molecule has 102 valence electrons. The molecule has 0 saturated carbocycles. The zero-order chi connectivity index (χ0) is 13.2. The van der Waals surface area contributed by atoms with Crippen molar-refractivity contribution >= 4 is 22.7 Å². The molecule has 2 nitrogen and oxygen atoms in total. The minimum atomic E-state index is 0.670. The smallest absolute Gasteiger partial charge is 0.0494 e. The van der Waals surface area contributed by atoms with Crippen molar-refractivity contribution in [3.8, 4) is 0 Å². The summed E-state index contributed by atoms with van der Waals surface area (Å²) in [5.41, 5.74) is 2.98. The fraction of sp³-hybridized carbons (Fsp3) is 0.500. The molecule has 3 rings (SSSR count). The Balaban J connectivity index is 2.13. The van der Waals surface area contributed by atoms with Gasteiger partial charge in [-0.15, -0.1) is 11.8 Å². The highest BCUT2D eigenvalue weighted by atomic mass is 32.2. The standard InChI is InChI=1S/C16H22N2S/c1-3-17-11-12-9-10-19-16-13-7-5-6-8-14(13)18(4-2)15(12)16/h5-8,12,17H,3-4,9-11H2,1-2H3. The van der Waals surface area contributed by atoms with Crippen LogP contribution in [0.3, 0.4) is 0 Å². The summed E-state index contributed by atoms with van der Waals surface area (Å²) < 4.78 is 2.53. The number of nitrogens with zero attached hydrogens (tertiary/aromatic N) is 1. The van der Waals surface area contributed by atoms with E-state index in [-0.39, 0.29) is 0 Å². The fourth-order valence-electron chi connectivity index (χ4n) is 3.15. The molecule has 1 atom stereocenters. The SMILES string of the molecule is CCNCC1CCSc2c1n(CC)c1ccccc21. The molecule has 0 radical (unpaired) electrons. The van der Waals surface area contributed by atoms with Crippen LogP contribution in [0.15, 0.2) is 29.2 Å². The minimum Gasteiger partial charge on any atom is -0.343 e. The van der Waals surface area contributed by atoms with E-state index in [2.05, 4.69) is 48.0 Å². The van der Waals surface area contributed by atoms with Gasteiger partial charge in [0, 0.05) is 40.5 Å². The van der Waals surface area contributed by atoms with Crippen LogP contribution in [-0.4, -0.2) is 23.4 Å². The van der Waals surface area contributed by atoms with E-state index < -0.39 is 0 Å². The molecule has 1 aromatic carbocycles. The van der Waals surface area contributed by atoms with E-state index in [1.807, 2.05) is 11.8 Å². The number of fused-ring (bicyclic) bond motifs is 3. The van der Waals surface area contributed by atoms with Gasteiger partial charge in [0.1, 0.15) is 0 Å². The quantitative estimate of drug-likeness (QED) is 0.912. The third kappa shape index (κ3) is 2.19. The van der Waals surface area contributed by atoms with Gasteiger partial charge in [-0.2, -0.15) is 0 Å². The number of benzene rings is 1. The summed E-state index contributed by atoms with van der Waals surface area (Å²) in [6.07, 6.45) is 1.29. The Morgan fingerprint density at radius 1 is 1.32 bits per heavy atom. The average Bonchev–Trinajstić information content (AvgIpc) is 2.79. The number of hydrogen-bond acceptors (Lipinski definition) is 2. The van der Waals surface area contributed by atoms with Crippen LogP contribution < -0.4 is 5.32 Å². The molecule has 0 aliphatic carbocycles. The molecule has 1 unspecified atom stereocenters. The summed E-state index contributed by atoms with van der Waals surface area (Å²) in [5, 5.41) is 4.98. The van der Waals surface area contributed by atoms with E-state index in [0.29, 0.717) is 5.92 Å². The molecule has 0 fully saturated rings. The highest BCUT2D eigenvalue weighted by Crippen LogP contribution is 2.43. The fourth-order valence-corrected chi connectivity index (χ4v) is 4.51. The molecular weight excluding hydrogens is 252 g/mol. The van der Waals surface area contributed by atoms with E-state index in [1.54, 1.807) is 5.69 Å². The van der Waals surface area contributed by atoms with Crippen LogP contribution in [0.4, 0.5) is 0 Å². The summed E-state index contributed by atoms with van der Waals surface area (Å²) in [6.45, 7) is 7.69. The Morgan fingerprint density at radius 3 is 2.95 bits per heavy atom. The van der Waals surface area contributed by atoms with Gasteiger partial charge in [0.2, 0.25) is 0 Å². The molecule has 1 aliphatic rings. The summed E-state index contributed by atoms with van der Waals surface area (Å²) >= 11 is 2.04. The predicted octanol–water partition coefficient (Wildman–Crippen LogP) is 3.85. The first-order chi connectivity index (χ1) is 9.36. The molecule has 0 bridgehead atoms.